The summed E-state index contributed by atoms with van der Waals surface area (Å²) in [5.41, 5.74) is 3.86. The Morgan fingerprint density at radius 3 is 2.57 bits per heavy atom. The Balaban J connectivity index is 1.85. The first-order chi connectivity index (χ1) is 10.2. The molecule has 2 rings (SSSR count). The van der Waals surface area contributed by atoms with Gasteiger partial charge in [0.05, 0.1) is 0 Å². The average Bonchev–Trinajstić information content (AvgIpc) is 2.49. The highest BCUT2D eigenvalue weighted by Gasteiger charge is 2.16. The molecule has 1 aliphatic carbocycles. The molecule has 0 amide bonds. The fourth-order valence-electron chi connectivity index (χ4n) is 3.33. The number of phenols is 1. The molecule has 1 fully saturated rings. The molecule has 0 saturated heterocycles. The highest BCUT2D eigenvalue weighted by atomic mass is 16.3. The van der Waals surface area contributed by atoms with Crippen LogP contribution in [0.3, 0.4) is 0 Å². The molecule has 0 bridgehead atoms. The minimum Gasteiger partial charge on any atom is -0.508 e. The van der Waals surface area contributed by atoms with Gasteiger partial charge in [-0.25, -0.2) is 0 Å². The lowest BCUT2D eigenvalue weighted by atomic mass is 9.83. The van der Waals surface area contributed by atoms with Gasteiger partial charge in [0, 0.05) is 0 Å². The maximum Gasteiger partial charge on any atom is 0.119 e. The van der Waals surface area contributed by atoms with Crippen LogP contribution in [0, 0.1) is 0 Å². The van der Waals surface area contributed by atoms with Crippen LogP contribution in [-0.2, 0) is 6.42 Å². The van der Waals surface area contributed by atoms with Crippen LogP contribution in [0.2, 0.25) is 0 Å². The van der Waals surface area contributed by atoms with Crippen molar-refractivity contribution in [1.29, 1.82) is 0 Å². The van der Waals surface area contributed by atoms with Gasteiger partial charge >= 0.3 is 0 Å². The summed E-state index contributed by atoms with van der Waals surface area (Å²) in [6, 6.07) is 6.43. The standard InChI is InChI=1S/C20H30O/c1-16(2)9-5-3-8-12-18-13-14-19(15-20(18)21)17-10-6-4-7-11-17/h9,13-15,17,21H,3-8,10-12H2,1-2H3. The topological polar surface area (TPSA) is 20.2 Å². The van der Waals surface area contributed by atoms with Gasteiger partial charge in [0.15, 0.2) is 0 Å². The molecule has 1 aromatic rings. The molecule has 1 heteroatoms. The molecule has 0 aromatic heterocycles. The Morgan fingerprint density at radius 2 is 1.90 bits per heavy atom. The molecule has 1 nitrogen and oxygen atoms in total. The third-order valence-electron chi connectivity index (χ3n) is 4.64. The number of benzene rings is 1. The third kappa shape index (κ3) is 5.22. The number of allylic oxidation sites excluding steroid dienone is 2. The Labute approximate surface area is 130 Å². The summed E-state index contributed by atoms with van der Waals surface area (Å²) < 4.78 is 0. The van der Waals surface area contributed by atoms with Gasteiger partial charge in [-0.2, -0.15) is 0 Å². The van der Waals surface area contributed by atoms with E-state index in [0.29, 0.717) is 11.7 Å². The van der Waals surface area contributed by atoms with Gasteiger partial charge in [0.1, 0.15) is 5.75 Å². The zero-order chi connectivity index (χ0) is 15.1. The summed E-state index contributed by atoms with van der Waals surface area (Å²) in [4.78, 5) is 0. The molecule has 1 N–H and O–H groups in total. The Morgan fingerprint density at radius 1 is 1.14 bits per heavy atom. The number of aryl methyl sites for hydroxylation is 1. The first-order valence-corrected chi connectivity index (χ1v) is 8.62. The van der Waals surface area contributed by atoms with E-state index in [9.17, 15) is 5.11 Å². The molecule has 1 saturated carbocycles. The van der Waals surface area contributed by atoms with Gasteiger partial charge in [-0.05, 0) is 75.5 Å². The van der Waals surface area contributed by atoms with Gasteiger partial charge in [-0.15, -0.1) is 0 Å². The second-order valence-electron chi connectivity index (χ2n) is 6.75. The highest BCUT2D eigenvalue weighted by molar-refractivity contribution is 5.38. The quantitative estimate of drug-likeness (QED) is 0.493. The van der Waals surface area contributed by atoms with Gasteiger partial charge in [0.2, 0.25) is 0 Å². The van der Waals surface area contributed by atoms with E-state index in [-0.39, 0.29) is 0 Å². The zero-order valence-corrected chi connectivity index (χ0v) is 13.7. The van der Waals surface area contributed by atoms with Crippen LogP contribution < -0.4 is 0 Å². The maximum absolute atomic E-state index is 10.3. The van der Waals surface area contributed by atoms with Crippen LogP contribution in [0.4, 0.5) is 0 Å². The van der Waals surface area contributed by atoms with Gasteiger partial charge in [-0.3, -0.25) is 0 Å². The van der Waals surface area contributed by atoms with Crippen LogP contribution in [-0.4, -0.2) is 5.11 Å². The summed E-state index contributed by atoms with van der Waals surface area (Å²) in [6.07, 6.45) is 13.5. The van der Waals surface area contributed by atoms with Crippen molar-refractivity contribution in [2.45, 2.75) is 77.6 Å². The van der Waals surface area contributed by atoms with Crippen molar-refractivity contribution in [2.75, 3.05) is 0 Å². The van der Waals surface area contributed by atoms with E-state index >= 15 is 0 Å². The predicted octanol–water partition coefficient (Wildman–Crippen LogP) is 6.12. The SMILES string of the molecule is CC(C)=CCCCCc1ccc(C2CCCCC2)cc1O. The number of phenolic OH excluding ortho intramolecular Hbond substituents is 1. The molecule has 0 unspecified atom stereocenters. The molecular weight excluding hydrogens is 256 g/mol. The smallest absolute Gasteiger partial charge is 0.119 e. The molecular formula is C20H30O. The molecule has 116 valence electrons. The van der Waals surface area contributed by atoms with Crippen molar-refractivity contribution in [2.24, 2.45) is 0 Å². The number of aromatic hydroxyl groups is 1. The minimum atomic E-state index is 0.514. The van der Waals surface area contributed by atoms with Gasteiger partial charge < -0.3 is 5.11 Å². The van der Waals surface area contributed by atoms with Crippen LogP contribution in [0.1, 0.15) is 82.3 Å². The summed E-state index contributed by atoms with van der Waals surface area (Å²) in [5, 5.41) is 10.3. The lowest BCUT2D eigenvalue weighted by Crippen LogP contribution is -2.04. The number of rotatable bonds is 6. The maximum atomic E-state index is 10.3. The van der Waals surface area contributed by atoms with Crippen LogP contribution in [0.5, 0.6) is 5.75 Å². The highest BCUT2D eigenvalue weighted by Crippen LogP contribution is 2.35. The van der Waals surface area contributed by atoms with Crippen LogP contribution in [0.15, 0.2) is 29.8 Å². The average molecular weight is 286 g/mol. The molecule has 0 spiro atoms. The zero-order valence-electron chi connectivity index (χ0n) is 13.7. The second kappa shape index (κ2) is 8.26. The van der Waals surface area contributed by atoms with Crippen LogP contribution >= 0.6 is 0 Å². The molecule has 0 aliphatic heterocycles. The van der Waals surface area contributed by atoms with E-state index in [0.717, 1.165) is 24.8 Å². The fraction of sp³-hybridized carbons (Fsp3) is 0.600. The molecule has 0 radical (unpaired) electrons. The lowest BCUT2D eigenvalue weighted by Gasteiger charge is -2.22. The summed E-state index contributed by atoms with van der Waals surface area (Å²) in [7, 11) is 0. The summed E-state index contributed by atoms with van der Waals surface area (Å²) >= 11 is 0. The van der Waals surface area contributed by atoms with Crippen molar-refractivity contribution in [3.05, 3.63) is 41.0 Å². The minimum absolute atomic E-state index is 0.514. The number of hydrogen-bond acceptors (Lipinski definition) is 1. The molecule has 1 aromatic carbocycles. The van der Waals surface area contributed by atoms with Gasteiger partial charge in [0.25, 0.3) is 0 Å². The van der Waals surface area contributed by atoms with Crippen molar-refractivity contribution < 1.29 is 5.11 Å². The first kappa shape index (κ1) is 16.1. The molecule has 0 heterocycles. The molecule has 0 atom stereocenters. The Bertz CT molecular complexity index is 463. The van der Waals surface area contributed by atoms with Crippen molar-refractivity contribution in [3.63, 3.8) is 0 Å². The van der Waals surface area contributed by atoms with Crippen LogP contribution in [0.25, 0.3) is 0 Å². The van der Waals surface area contributed by atoms with E-state index in [1.54, 1.807) is 0 Å². The Kier molecular flexibility index (Phi) is 6.35. The van der Waals surface area contributed by atoms with Crippen molar-refractivity contribution in [3.8, 4) is 5.75 Å². The normalized spacial score (nSPS) is 15.9. The molecule has 21 heavy (non-hydrogen) atoms. The van der Waals surface area contributed by atoms with E-state index in [2.05, 4.69) is 32.1 Å². The third-order valence-corrected chi connectivity index (χ3v) is 4.64. The summed E-state index contributed by atoms with van der Waals surface area (Å²) in [5.74, 6) is 1.19. The van der Waals surface area contributed by atoms with E-state index in [1.165, 1.54) is 49.7 Å². The predicted molar refractivity (Wildman–Crippen MR) is 90.9 cm³/mol. The summed E-state index contributed by atoms with van der Waals surface area (Å²) in [6.45, 7) is 4.30. The number of unbranched alkanes of at least 4 members (excludes halogenated alkanes) is 2. The van der Waals surface area contributed by atoms with E-state index < -0.39 is 0 Å². The Hall–Kier alpha value is -1.24. The second-order valence-corrected chi connectivity index (χ2v) is 6.75. The van der Waals surface area contributed by atoms with Gasteiger partial charge in [-0.1, -0.05) is 43.0 Å². The van der Waals surface area contributed by atoms with Crippen molar-refractivity contribution in [1.82, 2.24) is 0 Å². The molecule has 1 aliphatic rings. The largest absolute Gasteiger partial charge is 0.508 e. The van der Waals surface area contributed by atoms with E-state index in [1.807, 2.05) is 6.07 Å². The first-order valence-electron chi connectivity index (χ1n) is 8.62. The van der Waals surface area contributed by atoms with Crippen molar-refractivity contribution >= 4 is 0 Å². The lowest BCUT2D eigenvalue weighted by molar-refractivity contribution is 0.436. The fourth-order valence-corrected chi connectivity index (χ4v) is 3.33. The monoisotopic (exact) mass is 286 g/mol. The number of hydrogen-bond donors (Lipinski definition) is 1. The van der Waals surface area contributed by atoms with E-state index in [4.69, 9.17) is 0 Å².